The zero-order valence-electron chi connectivity index (χ0n) is 14.8. The third-order valence-electron chi connectivity index (χ3n) is 4.04. The molecule has 0 saturated carbocycles. The Morgan fingerprint density at radius 2 is 2.35 bits per heavy atom. The first-order chi connectivity index (χ1) is 12.5. The van der Waals surface area contributed by atoms with Crippen molar-refractivity contribution in [2.45, 2.75) is 50.4 Å². The van der Waals surface area contributed by atoms with E-state index < -0.39 is 0 Å². The Morgan fingerprint density at radius 3 is 3.04 bits per heavy atom. The first-order valence-electron chi connectivity index (χ1n) is 8.62. The molecule has 7 nitrogen and oxygen atoms in total. The van der Waals surface area contributed by atoms with Gasteiger partial charge in [-0.25, -0.2) is 4.98 Å². The number of hydrogen-bond acceptors (Lipinski definition) is 6. The molecule has 0 radical (unpaired) electrons. The lowest BCUT2D eigenvalue weighted by Gasteiger charge is -2.16. The Balaban J connectivity index is 1.65. The summed E-state index contributed by atoms with van der Waals surface area (Å²) in [5, 5.41) is 12.4. The number of ether oxygens (including phenoxy) is 1. The van der Waals surface area contributed by atoms with Gasteiger partial charge in [0.25, 0.3) is 0 Å². The highest BCUT2D eigenvalue weighted by Gasteiger charge is 2.22. The van der Waals surface area contributed by atoms with E-state index in [1.807, 2.05) is 0 Å². The summed E-state index contributed by atoms with van der Waals surface area (Å²) >= 11 is 7.33. The summed E-state index contributed by atoms with van der Waals surface area (Å²) in [5.74, 6) is 1.22. The van der Waals surface area contributed by atoms with Crippen LogP contribution in [0.5, 0.6) is 0 Å². The third kappa shape index (κ3) is 4.75. The molecule has 1 aliphatic heterocycles. The van der Waals surface area contributed by atoms with Gasteiger partial charge >= 0.3 is 0 Å². The number of nitrogens with one attached hydrogen (secondary N) is 1. The number of aromatic nitrogens is 4. The highest BCUT2D eigenvalue weighted by Crippen LogP contribution is 2.25. The van der Waals surface area contributed by atoms with Gasteiger partial charge in [-0.1, -0.05) is 37.2 Å². The van der Waals surface area contributed by atoms with Gasteiger partial charge in [-0.2, -0.15) is 0 Å². The molecule has 1 atom stereocenters. The lowest BCUT2D eigenvalue weighted by atomic mass is 10.2. The van der Waals surface area contributed by atoms with E-state index in [9.17, 15) is 4.79 Å². The second-order valence-electron chi connectivity index (χ2n) is 6.42. The molecule has 3 heterocycles. The average Bonchev–Trinajstić information content (AvgIpc) is 3.25. The topological polar surface area (TPSA) is 81.9 Å². The van der Waals surface area contributed by atoms with Crippen molar-refractivity contribution in [2.75, 3.05) is 17.7 Å². The maximum atomic E-state index is 12.2. The lowest BCUT2D eigenvalue weighted by molar-refractivity contribution is -0.113. The van der Waals surface area contributed by atoms with E-state index in [2.05, 4.69) is 38.9 Å². The SMILES string of the molecule is CC(C)c1nnc(SCC(=O)Nc2cccnc2Cl)n1CC1CCCO1. The minimum Gasteiger partial charge on any atom is -0.376 e. The Hall–Kier alpha value is -1.64. The molecule has 1 aliphatic rings. The molecule has 0 aromatic carbocycles. The molecular weight excluding hydrogens is 374 g/mol. The van der Waals surface area contributed by atoms with Crippen LogP contribution in [0.15, 0.2) is 23.5 Å². The molecule has 1 fully saturated rings. The van der Waals surface area contributed by atoms with Crippen LogP contribution in [0.3, 0.4) is 0 Å². The van der Waals surface area contributed by atoms with Crippen molar-refractivity contribution in [1.29, 1.82) is 0 Å². The van der Waals surface area contributed by atoms with Gasteiger partial charge in [-0.3, -0.25) is 4.79 Å². The van der Waals surface area contributed by atoms with Crippen molar-refractivity contribution in [3.8, 4) is 0 Å². The maximum absolute atomic E-state index is 12.2. The van der Waals surface area contributed by atoms with Crippen LogP contribution in [0.4, 0.5) is 5.69 Å². The van der Waals surface area contributed by atoms with Crippen LogP contribution >= 0.6 is 23.4 Å². The number of anilines is 1. The van der Waals surface area contributed by atoms with E-state index in [4.69, 9.17) is 16.3 Å². The number of rotatable bonds is 7. The second-order valence-corrected chi connectivity index (χ2v) is 7.72. The van der Waals surface area contributed by atoms with Crippen LogP contribution in [-0.4, -0.2) is 44.1 Å². The van der Waals surface area contributed by atoms with Crippen LogP contribution in [-0.2, 0) is 16.1 Å². The molecule has 2 aromatic rings. The van der Waals surface area contributed by atoms with Crippen molar-refractivity contribution in [1.82, 2.24) is 19.7 Å². The van der Waals surface area contributed by atoms with Crippen LogP contribution < -0.4 is 5.32 Å². The van der Waals surface area contributed by atoms with Crippen LogP contribution in [0.25, 0.3) is 0 Å². The smallest absolute Gasteiger partial charge is 0.234 e. The number of nitrogens with zero attached hydrogens (tertiary/aromatic N) is 4. The second kappa shape index (κ2) is 8.83. The van der Waals surface area contributed by atoms with E-state index in [-0.39, 0.29) is 28.8 Å². The first kappa shape index (κ1) is 19.1. The van der Waals surface area contributed by atoms with E-state index >= 15 is 0 Å². The van der Waals surface area contributed by atoms with E-state index in [1.165, 1.54) is 11.8 Å². The molecule has 26 heavy (non-hydrogen) atoms. The minimum atomic E-state index is -0.164. The van der Waals surface area contributed by atoms with Gasteiger partial charge in [0, 0.05) is 18.7 Å². The molecule has 0 aliphatic carbocycles. The summed E-state index contributed by atoms with van der Waals surface area (Å²) in [6.45, 7) is 5.70. The Morgan fingerprint density at radius 1 is 1.50 bits per heavy atom. The highest BCUT2D eigenvalue weighted by atomic mass is 35.5. The predicted octanol–water partition coefficient (Wildman–Crippen LogP) is 3.36. The van der Waals surface area contributed by atoms with E-state index in [1.54, 1.807) is 18.3 Å². The van der Waals surface area contributed by atoms with Crippen molar-refractivity contribution >= 4 is 35.0 Å². The first-order valence-corrected chi connectivity index (χ1v) is 9.99. The summed E-state index contributed by atoms with van der Waals surface area (Å²) in [7, 11) is 0. The molecule has 9 heteroatoms. The Bertz CT molecular complexity index is 761. The number of amides is 1. The van der Waals surface area contributed by atoms with Crippen molar-refractivity contribution in [2.24, 2.45) is 0 Å². The summed E-state index contributed by atoms with van der Waals surface area (Å²) in [6.07, 6.45) is 3.89. The molecular formula is C17H22ClN5O2S. The van der Waals surface area contributed by atoms with Gasteiger partial charge in [0.2, 0.25) is 5.91 Å². The number of thioether (sulfide) groups is 1. The van der Waals surface area contributed by atoms with Crippen LogP contribution in [0, 0.1) is 0 Å². The van der Waals surface area contributed by atoms with Crippen molar-refractivity contribution < 1.29 is 9.53 Å². The normalized spacial score (nSPS) is 17.0. The summed E-state index contributed by atoms with van der Waals surface area (Å²) in [6, 6.07) is 3.44. The molecule has 0 bridgehead atoms. The van der Waals surface area contributed by atoms with E-state index in [0.717, 1.165) is 37.0 Å². The number of carbonyl (C=O) groups excluding carboxylic acids is 1. The largest absolute Gasteiger partial charge is 0.376 e. The fraction of sp³-hybridized carbons (Fsp3) is 0.529. The van der Waals surface area contributed by atoms with Crippen LogP contribution in [0.1, 0.15) is 38.4 Å². The van der Waals surface area contributed by atoms with Gasteiger partial charge in [-0.15, -0.1) is 10.2 Å². The Labute approximate surface area is 161 Å². The molecule has 1 saturated heterocycles. The third-order valence-corrected chi connectivity index (χ3v) is 5.31. The maximum Gasteiger partial charge on any atom is 0.234 e. The number of halogens is 1. The molecule has 140 valence electrons. The fourth-order valence-corrected chi connectivity index (χ4v) is 3.71. The molecule has 1 amide bonds. The monoisotopic (exact) mass is 395 g/mol. The number of hydrogen-bond donors (Lipinski definition) is 1. The molecule has 2 aromatic heterocycles. The van der Waals surface area contributed by atoms with Gasteiger partial charge in [0.1, 0.15) is 5.82 Å². The van der Waals surface area contributed by atoms with Gasteiger partial charge in [-0.05, 0) is 25.0 Å². The zero-order chi connectivity index (χ0) is 18.5. The fourth-order valence-electron chi connectivity index (χ4n) is 2.79. The highest BCUT2D eigenvalue weighted by molar-refractivity contribution is 7.99. The molecule has 0 spiro atoms. The van der Waals surface area contributed by atoms with E-state index in [0.29, 0.717) is 5.69 Å². The van der Waals surface area contributed by atoms with Crippen molar-refractivity contribution in [3.05, 3.63) is 29.3 Å². The quantitative estimate of drug-likeness (QED) is 0.571. The van der Waals surface area contributed by atoms with Crippen LogP contribution in [0.2, 0.25) is 5.15 Å². The predicted molar refractivity (Wildman–Crippen MR) is 102 cm³/mol. The standard InChI is InChI=1S/C17H22ClN5O2S/c1-11(2)16-21-22-17(23(16)9-12-5-4-8-25-12)26-10-14(24)20-13-6-3-7-19-15(13)18/h3,6-7,11-12H,4-5,8-10H2,1-2H3,(H,20,24). The average molecular weight is 396 g/mol. The molecule has 1 N–H and O–H groups in total. The van der Waals surface area contributed by atoms with Crippen molar-refractivity contribution in [3.63, 3.8) is 0 Å². The summed E-state index contributed by atoms with van der Waals surface area (Å²) in [5.41, 5.74) is 0.503. The minimum absolute atomic E-state index is 0.164. The Kier molecular flexibility index (Phi) is 6.50. The number of pyridine rings is 1. The zero-order valence-corrected chi connectivity index (χ0v) is 16.4. The lowest BCUT2D eigenvalue weighted by Crippen LogP contribution is -2.19. The summed E-state index contributed by atoms with van der Waals surface area (Å²) in [4.78, 5) is 16.2. The van der Waals surface area contributed by atoms with Gasteiger partial charge < -0.3 is 14.6 Å². The molecule has 3 rings (SSSR count). The molecule has 1 unspecified atom stereocenters. The van der Waals surface area contributed by atoms with Gasteiger partial charge in [0.15, 0.2) is 10.3 Å². The van der Waals surface area contributed by atoms with Gasteiger partial charge in [0.05, 0.1) is 24.1 Å². The summed E-state index contributed by atoms with van der Waals surface area (Å²) < 4.78 is 7.83. The number of carbonyl (C=O) groups is 1.